The number of fused-ring (bicyclic) bond motifs is 1. The predicted octanol–water partition coefficient (Wildman–Crippen LogP) is 5.04. The van der Waals surface area contributed by atoms with Gasteiger partial charge in [-0.1, -0.05) is 121 Å². The minimum Gasteiger partial charge on any atom is -0.485 e. The fraction of sp³-hybridized carbons (Fsp3) is 0.0667. The highest BCUT2D eigenvalue weighted by molar-refractivity contribution is 7.89. The maximum atomic E-state index is 6.39. The molecule has 0 amide bonds. The molecule has 0 unspecified atom stereocenters. The van der Waals surface area contributed by atoms with Gasteiger partial charge in [-0.3, -0.25) is 0 Å². The van der Waals surface area contributed by atoms with Crippen molar-refractivity contribution in [2.45, 2.75) is 0 Å². The lowest BCUT2D eigenvalue weighted by Gasteiger charge is -2.23. The van der Waals surface area contributed by atoms with Crippen molar-refractivity contribution in [3.05, 3.63) is 121 Å². The summed E-state index contributed by atoms with van der Waals surface area (Å²) in [6.07, 6.45) is 0. The van der Waals surface area contributed by atoms with Crippen LogP contribution in [0.5, 0.6) is 11.5 Å². The second-order valence-corrected chi connectivity index (χ2v) is 14.0. The van der Waals surface area contributed by atoms with Crippen LogP contribution in [-0.4, -0.2) is 13.2 Å². The Morgan fingerprint density at radius 1 is 0.429 bits per heavy atom. The van der Waals surface area contributed by atoms with Crippen LogP contribution in [0.1, 0.15) is 0 Å². The molecule has 0 N–H and O–H groups in total. The summed E-state index contributed by atoms with van der Waals surface area (Å²) in [6, 6.07) is 43.3. The van der Waals surface area contributed by atoms with Crippen molar-refractivity contribution in [2.24, 2.45) is 0 Å². The third-order valence-electron chi connectivity index (χ3n) is 5.83. The first kappa shape index (κ1) is 22.5. The van der Waals surface area contributed by atoms with E-state index < -0.39 is 15.8 Å². The molecule has 0 radical (unpaired) electrons. The summed E-state index contributed by atoms with van der Waals surface area (Å²) in [4.78, 5) is 0. The predicted molar refractivity (Wildman–Crippen MR) is 153 cm³/mol. The number of benzene rings is 4. The highest BCUT2D eigenvalue weighted by Crippen LogP contribution is 2.49. The Labute approximate surface area is 212 Å². The van der Waals surface area contributed by atoms with Crippen LogP contribution < -0.4 is 39.9 Å². The molecular formula is C30H24O2P2S. The van der Waals surface area contributed by atoms with E-state index in [0.717, 1.165) is 11.5 Å². The van der Waals surface area contributed by atoms with E-state index in [9.17, 15) is 0 Å². The Kier molecular flexibility index (Phi) is 6.65. The standard InChI is InChI=1S/C30H24O2P2S/c1-5-13-23(14-6-1)33(24-15-7-2-8-16-24)29-27-28(32-22-21-31-27)30(35-29)34(25-17-9-3-10-18-25)26-19-11-4-12-20-26/h1-20H,21-22H2. The molecule has 35 heavy (non-hydrogen) atoms. The van der Waals surface area contributed by atoms with Crippen LogP contribution in [0.4, 0.5) is 0 Å². The summed E-state index contributed by atoms with van der Waals surface area (Å²) >= 11 is 1.88. The van der Waals surface area contributed by atoms with Crippen molar-refractivity contribution >= 4 is 57.6 Å². The van der Waals surface area contributed by atoms with Gasteiger partial charge in [0, 0.05) is 15.8 Å². The maximum Gasteiger partial charge on any atom is 0.181 e. The molecule has 1 aliphatic heterocycles. The molecule has 2 heterocycles. The Morgan fingerprint density at radius 2 is 0.714 bits per heavy atom. The smallest absolute Gasteiger partial charge is 0.181 e. The summed E-state index contributed by atoms with van der Waals surface area (Å²) < 4.78 is 15.3. The van der Waals surface area contributed by atoms with E-state index in [1.807, 2.05) is 11.3 Å². The summed E-state index contributed by atoms with van der Waals surface area (Å²) in [5.74, 6) is 1.88. The zero-order valence-corrected chi connectivity index (χ0v) is 21.7. The molecule has 1 aliphatic rings. The zero-order valence-electron chi connectivity index (χ0n) is 19.1. The van der Waals surface area contributed by atoms with Gasteiger partial charge in [-0.25, -0.2) is 0 Å². The number of ether oxygens (including phenoxy) is 2. The fourth-order valence-electron chi connectivity index (χ4n) is 4.29. The minimum atomic E-state index is -0.778. The SMILES string of the molecule is c1ccc(P(c2ccccc2)c2sc(P(c3ccccc3)c3ccccc3)c3c2OCCO3)cc1. The van der Waals surface area contributed by atoms with E-state index in [1.54, 1.807) is 0 Å². The van der Waals surface area contributed by atoms with Crippen LogP contribution in [0.2, 0.25) is 0 Å². The van der Waals surface area contributed by atoms with Gasteiger partial charge in [-0.05, 0) is 21.2 Å². The zero-order chi connectivity index (χ0) is 23.5. The Hall–Kier alpha value is -2.96. The first-order valence-corrected chi connectivity index (χ1v) is 15.1. The molecule has 0 aliphatic carbocycles. The van der Waals surface area contributed by atoms with Crippen molar-refractivity contribution in [1.29, 1.82) is 0 Å². The van der Waals surface area contributed by atoms with Gasteiger partial charge in [-0.15, -0.1) is 11.3 Å². The first-order valence-electron chi connectivity index (χ1n) is 11.6. The highest BCUT2D eigenvalue weighted by Gasteiger charge is 2.34. The Balaban J connectivity index is 1.58. The lowest BCUT2D eigenvalue weighted by Crippen LogP contribution is -2.24. The number of hydrogen-bond acceptors (Lipinski definition) is 3. The van der Waals surface area contributed by atoms with Crippen LogP contribution in [0.25, 0.3) is 0 Å². The van der Waals surface area contributed by atoms with Crippen molar-refractivity contribution in [2.75, 3.05) is 13.2 Å². The first-order chi connectivity index (χ1) is 17.4. The fourth-order valence-corrected chi connectivity index (χ4v) is 11.9. The van der Waals surface area contributed by atoms with Crippen LogP contribution in [0.3, 0.4) is 0 Å². The van der Waals surface area contributed by atoms with Crippen LogP contribution in [0.15, 0.2) is 121 Å². The highest BCUT2D eigenvalue weighted by atomic mass is 32.1. The molecule has 2 nitrogen and oxygen atoms in total. The molecule has 0 saturated heterocycles. The molecular weight excluding hydrogens is 486 g/mol. The Morgan fingerprint density at radius 3 is 1.00 bits per heavy atom. The van der Waals surface area contributed by atoms with E-state index in [-0.39, 0.29) is 0 Å². The molecule has 5 heteroatoms. The summed E-state index contributed by atoms with van der Waals surface area (Å²) in [5, 5.41) is 5.29. The average molecular weight is 511 g/mol. The van der Waals surface area contributed by atoms with E-state index >= 15 is 0 Å². The lowest BCUT2D eigenvalue weighted by atomic mass is 10.4. The largest absolute Gasteiger partial charge is 0.485 e. The average Bonchev–Trinajstić information content (AvgIpc) is 3.30. The molecule has 0 fully saturated rings. The monoisotopic (exact) mass is 510 g/mol. The van der Waals surface area contributed by atoms with Crippen molar-refractivity contribution < 1.29 is 9.47 Å². The molecule has 6 rings (SSSR count). The summed E-state index contributed by atoms with van der Waals surface area (Å²) in [6.45, 7) is 1.16. The Bertz CT molecular complexity index is 1200. The van der Waals surface area contributed by atoms with Gasteiger partial charge in [-0.2, -0.15) is 0 Å². The molecule has 5 aromatic rings. The normalized spacial score (nSPS) is 12.7. The van der Waals surface area contributed by atoms with Gasteiger partial charge in [0.05, 0.1) is 9.24 Å². The van der Waals surface area contributed by atoms with Crippen LogP contribution in [-0.2, 0) is 0 Å². The van der Waals surface area contributed by atoms with Crippen molar-refractivity contribution in [1.82, 2.24) is 0 Å². The maximum absolute atomic E-state index is 6.39. The minimum absolute atomic E-state index is 0.581. The lowest BCUT2D eigenvalue weighted by molar-refractivity contribution is 0.176. The van der Waals surface area contributed by atoms with Gasteiger partial charge in [0.2, 0.25) is 0 Å². The van der Waals surface area contributed by atoms with E-state index in [2.05, 4.69) is 121 Å². The second kappa shape index (κ2) is 10.3. The van der Waals surface area contributed by atoms with Crippen LogP contribution >= 0.6 is 27.2 Å². The van der Waals surface area contributed by atoms with Gasteiger partial charge >= 0.3 is 0 Å². The van der Waals surface area contributed by atoms with E-state index in [0.29, 0.717) is 13.2 Å². The van der Waals surface area contributed by atoms with Gasteiger partial charge in [0.1, 0.15) is 13.2 Å². The topological polar surface area (TPSA) is 18.5 Å². The number of thiophene rings is 1. The molecule has 172 valence electrons. The number of rotatable bonds is 6. The second-order valence-electron chi connectivity index (χ2n) is 8.08. The molecule has 1 aromatic heterocycles. The van der Waals surface area contributed by atoms with Crippen molar-refractivity contribution in [3.8, 4) is 11.5 Å². The third kappa shape index (κ3) is 4.53. The quantitative estimate of drug-likeness (QED) is 0.298. The van der Waals surface area contributed by atoms with Gasteiger partial charge in [0.15, 0.2) is 11.5 Å². The molecule has 0 bridgehead atoms. The van der Waals surface area contributed by atoms with E-state index in [4.69, 9.17) is 9.47 Å². The summed E-state index contributed by atoms with van der Waals surface area (Å²) in [7, 11) is -1.56. The van der Waals surface area contributed by atoms with Crippen LogP contribution in [0, 0.1) is 0 Å². The van der Waals surface area contributed by atoms with Crippen molar-refractivity contribution in [3.63, 3.8) is 0 Å². The molecule has 0 saturated carbocycles. The number of hydrogen-bond donors (Lipinski definition) is 0. The molecule has 0 atom stereocenters. The van der Waals surface area contributed by atoms with E-state index in [1.165, 1.54) is 30.5 Å². The van der Waals surface area contributed by atoms with Gasteiger partial charge in [0.25, 0.3) is 0 Å². The summed E-state index contributed by atoms with van der Waals surface area (Å²) in [5.41, 5.74) is 0. The van der Waals surface area contributed by atoms with Gasteiger partial charge < -0.3 is 9.47 Å². The molecule has 0 spiro atoms. The third-order valence-corrected chi connectivity index (χ3v) is 12.7. The molecule has 4 aromatic carbocycles.